The molecule has 1 saturated heterocycles. The van der Waals surface area contributed by atoms with E-state index in [9.17, 15) is 9.18 Å². The van der Waals surface area contributed by atoms with Crippen LogP contribution in [-0.2, 0) is 11.3 Å². The van der Waals surface area contributed by atoms with Crippen LogP contribution in [0.2, 0.25) is 0 Å². The molecule has 29 heavy (non-hydrogen) atoms. The van der Waals surface area contributed by atoms with Gasteiger partial charge < -0.3 is 14.6 Å². The van der Waals surface area contributed by atoms with Crippen molar-refractivity contribution in [3.8, 4) is 5.69 Å². The summed E-state index contributed by atoms with van der Waals surface area (Å²) in [6.07, 6.45) is 5.97. The van der Waals surface area contributed by atoms with Gasteiger partial charge in [-0.05, 0) is 31.2 Å². The molecule has 0 saturated carbocycles. The minimum atomic E-state index is -0.505. The maximum absolute atomic E-state index is 14.8. The lowest BCUT2D eigenvalue weighted by Crippen LogP contribution is -2.32. The monoisotopic (exact) mass is 414 g/mol. The Bertz CT molecular complexity index is 1040. The first-order chi connectivity index (χ1) is 14.0. The number of hydrogen-bond donors (Lipinski definition) is 1. The lowest BCUT2D eigenvalue weighted by molar-refractivity contribution is 0.143. The normalized spacial score (nSPS) is 16.1. The molecule has 1 aromatic carbocycles. The van der Waals surface area contributed by atoms with E-state index in [0.717, 1.165) is 5.69 Å². The van der Waals surface area contributed by atoms with Gasteiger partial charge in [0.1, 0.15) is 11.9 Å². The van der Waals surface area contributed by atoms with Crippen molar-refractivity contribution < 1.29 is 13.9 Å². The van der Waals surface area contributed by atoms with Gasteiger partial charge in [0.15, 0.2) is 0 Å². The minimum Gasteiger partial charge on any atom is -0.442 e. The first-order valence-corrected chi connectivity index (χ1v) is 9.43. The molecule has 150 valence electrons. The molecule has 8 nitrogen and oxygen atoms in total. The molecular weight excluding hydrogens is 395 g/mol. The van der Waals surface area contributed by atoms with Gasteiger partial charge in [-0.25, -0.2) is 14.2 Å². The van der Waals surface area contributed by atoms with Crippen LogP contribution in [-0.4, -0.2) is 49.6 Å². The number of carbonyl (C=O) groups is 1. The van der Waals surface area contributed by atoms with Crippen LogP contribution in [0.3, 0.4) is 0 Å². The van der Waals surface area contributed by atoms with Crippen molar-refractivity contribution in [1.82, 2.24) is 24.6 Å². The van der Waals surface area contributed by atoms with Crippen molar-refractivity contribution in [2.24, 2.45) is 0 Å². The molecule has 3 aromatic rings. The maximum Gasteiger partial charge on any atom is 0.414 e. The predicted molar refractivity (Wildman–Crippen MR) is 109 cm³/mol. The van der Waals surface area contributed by atoms with Gasteiger partial charge in [0, 0.05) is 18.6 Å². The number of benzene rings is 1. The lowest BCUT2D eigenvalue weighted by Gasteiger charge is -2.14. The third kappa shape index (κ3) is 4.27. The number of thiocarbonyl (C=S) groups is 1. The second-order valence-corrected chi connectivity index (χ2v) is 7.28. The Morgan fingerprint density at radius 2 is 2.31 bits per heavy atom. The van der Waals surface area contributed by atoms with Crippen LogP contribution in [0, 0.1) is 5.82 Å². The van der Waals surface area contributed by atoms with Crippen molar-refractivity contribution in [1.29, 1.82) is 0 Å². The molecule has 0 bridgehead atoms. The Kier molecular flexibility index (Phi) is 5.26. The highest BCUT2D eigenvalue weighted by atomic mass is 32.1. The summed E-state index contributed by atoms with van der Waals surface area (Å²) in [7, 11) is 0. The van der Waals surface area contributed by atoms with Crippen molar-refractivity contribution in [2.45, 2.75) is 19.6 Å². The van der Waals surface area contributed by atoms with Crippen LogP contribution in [0.4, 0.5) is 14.9 Å². The average molecular weight is 414 g/mol. The Hall–Kier alpha value is -3.27. The molecule has 0 spiro atoms. The summed E-state index contributed by atoms with van der Waals surface area (Å²) in [5.74, 6) is -0.463. The summed E-state index contributed by atoms with van der Waals surface area (Å²) in [6.45, 7) is 3.00. The molecule has 1 amide bonds. The molecule has 3 heterocycles. The van der Waals surface area contributed by atoms with E-state index in [2.05, 4.69) is 15.4 Å². The number of rotatable bonds is 6. The van der Waals surface area contributed by atoms with E-state index < -0.39 is 11.9 Å². The van der Waals surface area contributed by atoms with E-state index >= 15 is 0 Å². The van der Waals surface area contributed by atoms with E-state index in [1.807, 2.05) is 12.3 Å². The quantitative estimate of drug-likeness (QED) is 0.625. The molecule has 10 heteroatoms. The molecule has 1 unspecified atom stereocenters. The minimum absolute atomic E-state index is 0.326. The van der Waals surface area contributed by atoms with Gasteiger partial charge in [-0.3, -0.25) is 9.58 Å². The molecule has 4 rings (SSSR count). The van der Waals surface area contributed by atoms with Gasteiger partial charge in [-0.2, -0.15) is 5.10 Å². The smallest absolute Gasteiger partial charge is 0.414 e. The zero-order valence-electron chi connectivity index (χ0n) is 15.7. The van der Waals surface area contributed by atoms with Gasteiger partial charge >= 0.3 is 6.09 Å². The number of hydrogen-bond acceptors (Lipinski definition) is 5. The fourth-order valence-corrected chi connectivity index (χ4v) is 3.19. The summed E-state index contributed by atoms with van der Waals surface area (Å²) < 4.78 is 23.4. The Labute approximate surface area is 171 Å². The third-order valence-corrected chi connectivity index (χ3v) is 4.64. The van der Waals surface area contributed by atoms with Crippen molar-refractivity contribution >= 4 is 29.0 Å². The maximum atomic E-state index is 14.8. The summed E-state index contributed by atoms with van der Waals surface area (Å²) in [6, 6.07) is 6.46. The summed E-state index contributed by atoms with van der Waals surface area (Å²) in [4.78, 5) is 18.5. The highest BCUT2D eigenvalue weighted by molar-refractivity contribution is 7.80. The first-order valence-electron chi connectivity index (χ1n) is 9.02. The highest BCUT2D eigenvalue weighted by Crippen LogP contribution is 2.25. The Morgan fingerprint density at radius 1 is 1.45 bits per heavy atom. The number of amides is 1. The number of anilines is 1. The predicted octanol–water partition coefficient (Wildman–Crippen LogP) is 2.52. The zero-order valence-corrected chi connectivity index (χ0v) is 16.5. The molecule has 2 aromatic heterocycles. The van der Waals surface area contributed by atoms with E-state index in [4.69, 9.17) is 17.0 Å². The Morgan fingerprint density at radius 3 is 3.03 bits per heavy atom. The second-order valence-electron chi connectivity index (χ2n) is 6.67. The Balaban J connectivity index is 1.48. The van der Waals surface area contributed by atoms with Gasteiger partial charge in [0.2, 0.25) is 0 Å². The molecule has 1 aliphatic rings. The molecule has 1 N–H and O–H groups in total. The number of halogens is 1. The number of imidazole rings is 1. The van der Waals surface area contributed by atoms with Crippen molar-refractivity contribution in [3.05, 3.63) is 60.7 Å². The number of carbonyl (C=O) groups excluding carboxylic acids is 1. The number of ether oxygens (including phenoxy) is 1. The van der Waals surface area contributed by atoms with E-state index in [0.29, 0.717) is 36.0 Å². The zero-order chi connectivity index (χ0) is 20.4. The molecular formula is C19H19FN6O2S. The molecule has 1 atom stereocenters. The summed E-state index contributed by atoms with van der Waals surface area (Å²) >= 11 is 4.97. The first kappa shape index (κ1) is 19.1. The summed E-state index contributed by atoms with van der Waals surface area (Å²) in [5, 5.41) is 7.11. The fraction of sp³-hybridized carbons (Fsp3) is 0.263. The SMILES string of the molecule is CC(=S)NCC1CN(c2ccc(-n3cnc(Cn4cccn4)c3)c(F)c2)C(=O)O1. The van der Waals surface area contributed by atoms with Crippen LogP contribution in [0.15, 0.2) is 49.2 Å². The molecule has 1 fully saturated rings. The molecule has 1 aliphatic heterocycles. The van der Waals surface area contributed by atoms with E-state index in [-0.39, 0.29) is 6.10 Å². The van der Waals surface area contributed by atoms with Gasteiger partial charge in [0.25, 0.3) is 0 Å². The van der Waals surface area contributed by atoms with Crippen molar-refractivity contribution in [3.63, 3.8) is 0 Å². The highest BCUT2D eigenvalue weighted by Gasteiger charge is 2.32. The second kappa shape index (κ2) is 8.00. The standard InChI is InChI=1S/C19H19FN6O2S/c1-13(29)21-8-16-11-26(19(27)28-16)15-3-4-18(17(20)7-15)24-9-14(22-12-24)10-25-6-2-5-23-25/h2-7,9,12,16H,8,10-11H2,1H3,(H,21,29). The fourth-order valence-electron chi connectivity index (χ4n) is 3.11. The number of aromatic nitrogens is 4. The van der Waals surface area contributed by atoms with E-state index in [1.54, 1.807) is 47.0 Å². The molecule has 0 aliphatic carbocycles. The van der Waals surface area contributed by atoms with Crippen LogP contribution >= 0.6 is 12.2 Å². The third-order valence-electron chi connectivity index (χ3n) is 4.49. The van der Waals surface area contributed by atoms with Gasteiger partial charge in [-0.15, -0.1) is 0 Å². The largest absolute Gasteiger partial charge is 0.442 e. The van der Waals surface area contributed by atoms with E-state index in [1.165, 1.54) is 11.0 Å². The van der Waals surface area contributed by atoms with Crippen LogP contribution in [0.5, 0.6) is 0 Å². The summed E-state index contributed by atoms with van der Waals surface area (Å²) in [5.41, 5.74) is 1.54. The van der Waals surface area contributed by atoms with Crippen LogP contribution in [0.25, 0.3) is 5.69 Å². The van der Waals surface area contributed by atoms with Crippen LogP contribution < -0.4 is 10.2 Å². The van der Waals surface area contributed by atoms with Gasteiger partial charge in [0.05, 0.1) is 48.0 Å². The topological polar surface area (TPSA) is 77.2 Å². The number of cyclic esters (lactones) is 1. The number of nitrogens with zero attached hydrogens (tertiary/aromatic N) is 5. The van der Waals surface area contributed by atoms with Crippen molar-refractivity contribution in [2.75, 3.05) is 18.0 Å². The van der Waals surface area contributed by atoms with Crippen LogP contribution in [0.1, 0.15) is 12.6 Å². The lowest BCUT2D eigenvalue weighted by atomic mass is 10.2. The molecule has 0 radical (unpaired) electrons. The van der Waals surface area contributed by atoms with Gasteiger partial charge in [-0.1, -0.05) is 12.2 Å². The number of nitrogens with one attached hydrogen (secondary N) is 1. The average Bonchev–Trinajstić information content (AvgIpc) is 3.42.